The molecule has 2 heterocycles. The Balaban J connectivity index is 1.90. The SMILES string of the molecule is CC[C@@H](C(=O)NCc1cc(COC)n[nH]1)n1cccn1. The van der Waals surface area contributed by atoms with E-state index < -0.39 is 0 Å². The van der Waals surface area contributed by atoms with Gasteiger partial charge in [0.05, 0.1) is 24.5 Å². The second kappa shape index (κ2) is 6.85. The number of ether oxygens (including phenoxy) is 1. The van der Waals surface area contributed by atoms with Crippen LogP contribution in [0.15, 0.2) is 24.5 Å². The number of H-pyrrole nitrogens is 1. The summed E-state index contributed by atoms with van der Waals surface area (Å²) >= 11 is 0. The van der Waals surface area contributed by atoms with Gasteiger partial charge in [0.2, 0.25) is 5.91 Å². The van der Waals surface area contributed by atoms with Crippen molar-refractivity contribution in [3.05, 3.63) is 35.9 Å². The zero-order chi connectivity index (χ0) is 14.4. The number of aromatic nitrogens is 4. The third kappa shape index (κ3) is 3.45. The largest absolute Gasteiger partial charge is 0.378 e. The van der Waals surface area contributed by atoms with Crippen molar-refractivity contribution in [1.82, 2.24) is 25.3 Å². The number of nitrogens with one attached hydrogen (secondary N) is 2. The van der Waals surface area contributed by atoms with E-state index in [1.807, 2.05) is 19.1 Å². The number of amides is 1. The number of methoxy groups -OCH3 is 1. The molecule has 2 rings (SSSR count). The van der Waals surface area contributed by atoms with Crippen LogP contribution in [-0.2, 0) is 22.7 Å². The van der Waals surface area contributed by atoms with Gasteiger partial charge in [-0.15, -0.1) is 0 Å². The quantitative estimate of drug-likeness (QED) is 0.791. The molecule has 0 bridgehead atoms. The van der Waals surface area contributed by atoms with Crippen LogP contribution < -0.4 is 5.32 Å². The Kier molecular flexibility index (Phi) is 4.89. The van der Waals surface area contributed by atoms with Crippen LogP contribution in [0.25, 0.3) is 0 Å². The minimum atomic E-state index is -0.286. The Labute approximate surface area is 117 Å². The number of hydrogen-bond acceptors (Lipinski definition) is 4. The van der Waals surface area contributed by atoms with E-state index in [0.717, 1.165) is 11.4 Å². The number of carbonyl (C=O) groups excluding carboxylic acids is 1. The smallest absolute Gasteiger partial charge is 0.245 e. The van der Waals surface area contributed by atoms with Gasteiger partial charge in [0.25, 0.3) is 0 Å². The fourth-order valence-corrected chi connectivity index (χ4v) is 1.98. The lowest BCUT2D eigenvalue weighted by molar-refractivity contribution is -0.124. The molecule has 0 spiro atoms. The zero-order valence-corrected chi connectivity index (χ0v) is 11.7. The minimum absolute atomic E-state index is 0.0564. The van der Waals surface area contributed by atoms with Crippen molar-refractivity contribution >= 4 is 5.91 Å². The molecule has 0 aromatic carbocycles. The molecule has 7 nitrogen and oxygen atoms in total. The second-order valence-corrected chi connectivity index (χ2v) is 4.45. The summed E-state index contributed by atoms with van der Waals surface area (Å²) in [5.41, 5.74) is 1.66. The van der Waals surface area contributed by atoms with Crippen molar-refractivity contribution in [3.63, 3.8) is 0 Å². The number of nitrogens with zero attached hydrogens (tertiary/aromatic N) is 3. The number of rotatable bonds is 7. The van der Waals surface area contributed by atoms with Gasteiger partial charge in [-0.3, -0.25) is 14.6 Å². The first-order valence-corrected chi connectivity index (χ1v) is 6.53. The Hall–Kier alpha value is -2.15. The number of hydrogen-bond donors (Lipinski definition) is 2. The first-order chi connectivity index (χ1) is 9.74. The molecule has 0 aliphatic rings. The molecule has 0 fully saturated rings. The van der Waals surface area contributed by atoms with Crippen LogP contribution in [0.1, 0.15) is 30.8 Å². The predicted octanol–water partition coefficient (Wildman–Crippen LogP) is 1.02. The van der Waals surface area contributed by atoms with Crippen LogP contribution in [0, 0.1) is 0 Å². The summed E-state index contributed by atoms with van der Waals surface area (Å²) in [5.74, 6) is -0.0564. The molecule has 0 saturated carbocycles. The van der Waals surface area contributed by atoms with Crippen LogP contribution in [0.5, 0.6) is 0 Å². The topological polar surface area (TPSA) is 84.8 Å². The van der Waals surface area contributed by atoms with Crippen molar-refractivity contribution in [2.24, 2.45) is 0 Å². The van der Waals surface area contributed by atoms with Crippen LogP contribution in [0.4, 0.5) is 0 Å². The monoisotopic (exact) mass is 277 g/mol. The Bertz CT molecular complexity index is 535. The molecule has 0 aliphatic heterocycles. The van der Waals surface area contributed by atoms with Crippen LogP contribution in [0.2, 0.25) is 0 Å². The van der Waals surface area contributed by atoms with Crippen molar-refractivity contribution < 1.29 is 9.53 Å². The number of aromatic amines is 1. The molecular formula is C13H19N5O2. The maximum Gasteiger partial charge on any atom is 0.245 e. The summed E-state index contributed by atoms with van der Waals surface area (Å²) < 4.78 is 6.66. The van der Waals surface area contributed by atoms with Gasteiger partial charge in [-0.1, -0.05) is 6.92 Å². The van der Waals surface area contributed by atoms with E-state index in [0.29, 0.717) is 19.6 Å². The fraction of sp³-hybridized carbons (Fsp3) is 0.462. The number of carbonyl (C=O) groups is 1. The molecule has 2 aromatic heterocycles. The predicted molar refractivity (Wildman–Crippen MR) is 72.7 cm³/mol. The molecule has 7 heteroatoms. The van der Waals surface area contributed by atoms with Gasteiger partial charge < -0.3 is 10.1 Å². The molecule has 20 heavy (non-hydrogen) atoms. The fourth-order valence-electron chi connectivity index (χ4n) is 1.98. The van der Waals surface area contributed by atoms with Gasteiger partial charge in [-0.25, -0.2) is 0 Å². The van der Waals surface area contributed by atoms with E-state index in [2.05, 4.69) is 20.6 Å². The zero-order valence-electron chi connectivity index (χ0n) is 11.7. The molecule has 0 unspecified atom stereocenters. The lowest BCUT2D eigenvalue weighted by Crippen LogP contribution is -2.32. The third-order valence-corrected chi connectivity index (χ3v) is 2.96. The second-order valence-electron chi connectivity index (χ2n) is 4.45. The van der Waals surface area contributed by atoms with Crippen molar-refractivity contribution in [3.8, 4) is 0 Å². The standard InChI is InChI=1S/C13H19N5O2/c1-3-12(18-6-4-5-15-18)13(19)14-8-10-7-11(9-20-2)17-16-10/h4-7,12H,3,8-9H2,1-2H3,(H,14,19)(H,16,17)/t12-/m0/s1. The van der Waals surface area contributed by atoms with E-state index in [9.17, 15) is 4.79 Å². The van der Waals surface area contributed by atoms with Gasteiger partial charge in [-0.05, 0) is 18.6 Å². The van der Waals surface area contributed by atoms with Gasteiger partial charge in [0.15, 0.2) is 0 Å². The van der Waals surface area contributed by atoms with Crippen LogP contribution in [-0.4, -0.2) is 33.0 Å². The summed E-state index contributed by atoms with van der Waals surface area (Å²) in [6.45, 7) is 2.82. The molecule has 0 radical (unpaired) electrons. The molecule has 0 aliphatic carbocycles. The normalized spacial score (nSPS) is 12.3. The summed E-state index contributed by atoms with van der Waals surface area (Å²) in [6, 6.07) is 3.40. The Morgan fingerprint density at radius 1 is 1.60 bits per heavy atom. The lowest BCUT2D eigenvalue weighted by Gasteiger charge is -2.14. The maximum atomic E-state index is 12.1. The van der Waals surface area contributed by atoms with Gasteiger partial charge in [0.1, 0.15) is 6.04 Å². The molecule has 2 aromatic rings. The molecule has 108 valence electrons. The van der Waals surface area contributed by atoms with Crippen molar-refractivity contribution in [2.75, 3.05) is 7.11 Å². The molecule has 2 N–H and O–H groups in total. The summed E-state index contributed by atoms with van der Waals surface area (Å²) in [5, 5.41) is 13.9. The molecule has 1 amide bonds. The summed E-state index contributed by atoms with van der Waals surface area (Å²) in [4.78, 5) is 12.1. The summed E-state index contributed by atoms with van der Waals surface area (Å²) in [6.07, 6.45) is 4.15. The Morgan fingerprint density at radius 3 is 3.10 bits per heavy atom. The van der Waals surface area contributed by atoms with E-state index in [-0.39, 0.29) is 11.9 Å². The average Bonchev–Trinajstić information content (AvgIpc) is 3.09. The van der Waals surface area contributed by atoms with Crippen molar-refractivity contribution in [2.45, 2.75) is 32.5 Å². The van der Waals surface area contributed by atoms with Crippen LogP contribution >= 0.6 is 0 Å². The van der Waals surface area contributed by atoms with Crippen LogP contribution in [0.3, 0.4) is 0 Å². The average molecular weight is 277 g/mol. The summed E-state index contributed by atoms with van der Waals surface area (Å²) in [7, 11) is 1.62. The highest BCUT2D eigenvalue weighted by Gasteiger charge is 2.18. The highest BCUT2D eigenvalue weighted by molar-refractivity contribution is 5.80. The minimum Gasteiger partial charge on any atom is -0.378 e. The van der Waals surface area contributed by atoms with Gasteiger partial charge in [-0.2, -0.15) is 10.2 Å². The molecular weight excluding hydrogens is 258 g/mol. The third-order valence-electron chi connectivity index (χ3n) is 2.96. The lowest BCUT2D eigenvalue weighted by atomic mass is 10.2. The van der Waals surface area contributed by atoms with E-state index in [1.54, 1.807) is 24.2 Å². The molecule has 1 atom stereocenters. The first kappa shape index (κ1) is 14.3. The van der Waals surface area contributed by atoms with E-state index in [1.165, 1.54) is 0 Å². The van der Waals surface area contributed by atoms with E-state index in [4.69, 9.17) is 4.74 Å². The Morgan fingerprint density at radius 2 is 2.45 bits per heavy atom. The highest BCUT2D eigenvalue weighted by atomic mass is 16.5. The van der Waals surface area contributed by atoms with E-state index >= 15 is 0 Å². The van der Waals surface area contributed by atoms with Crippen molar-refractivity contribution in [1.29, 1.82) is 0 Å². The van der Waals surface area contributed by atoms with Gasteiger partial charge >= 0.3 is 0 Å². The first-order valence-electron chi connectivity index (χ1n) is 6.53. The maximum absolute atomic E-state index is 12.1. The van der Waals surface area contributed by atoms with Gasteiger partial charge in [0, 0.05) is 19.5 Å². The molecule has 0 saturated heterocycles. The highest BCUT2D eigenvalue weighted by Crippen LogP contribution is 2.10.